The summed E-state index contributed by atoms with van der Waals surface area (Å²) in [4.78, 5) is 19.7. The summed E-state index contributed by atoms with van der Waals surface area (Å²) in [6.45, 7) is 4.83. The molecular formula is C19H25N3O2. The Morgan fingerprint density at radius 2 is 2.17 bits per heavy atom. The number of primary amides is 1. The molecule has 1 aromatic carbocycles. The summed E-state index contributed by atoms with van der Waals surface area (Å²) in [5, 5.41) is 11.6. The maximum Gasteiger partial charge on any atom is 0.226 e. The summed E-state index contributed by atoms with van der Waals surface area (Å²) in [5.74, 6) is -0.867. The number of aliphatic hydroxyl groups is 1. The van der Waals surface area contributed by atoms with Gasteiger partial charge in [0.15, 0.2) is 0 Å². The zero-order chi connectivity index (χ0) is 16.9. The maximum atomic E-state index is 12.5. The number of rotatable bonds is 2. The Hall–Kier alpha value is -1.72. The number of benzene rings is 1. The minimum Gasteiger partial charge on any atom is -0.379 e. The van der Waals surface area contributed by atoms with E-state index in [9.17, 15) is 9.90 Å². The predicted octanol–water partition coefficient (Wildman–Crippen LogP) is 1.96. The second-order valence-electron chi connectivity index (χ2n) is 7.56. The smallest absolute Gasteiger partial charge is 0.226 e. The van der Waals surface area contributed by atoms with Crippen molar-refractivity contribution in [2.24, 2.45) is 22.1 Å². The molecule has 4 atom stereocenters. The van der Waals surface area contributed by atoms with Gasteiger partial charge in [-0.3, -0.25) is 9.79 Å². The number of hydrogen-bond donors (Lipinski definition) is 2. The second kappa shape index (κ2) is 5.39. The summed E-state index contributed by atoms with van der Waals surface area (Å²) in [7, 11) is 0. The number of hydrogen-bond acceptors (Lipinski definition) is 4. The molecule has 0 radical (unpaired) electrons. The van der Waals surface area contributed by atoms with Crippen LogP contribution in [0.2, 0.25) is 0 Å². The van der Waals surface area contributed by atoms with Gasteiger partial charge in [0.05, 0.1) is 17.3 Å². The largest absolute Gasteiger partial charge is 0.379 e. The highest BCUT2D eigenvalue weighted by Crippen LogP contribution is 2.51. The highest BCUT2D eigenvalue weighted by molar-refractivity contribution is 6.12. The monoisotopic (exact) mass is 327 g/mol. The molecule has 3 aliphatic heterocycles. The van der Waals surface area contributed by atoms with Gasteiger partial charge < -0.3 is 15.7 Å². The van der Waals surface area contributed by atoms with Crippen LogP contribution in [0.4, 0.5) is 5.69 Å². The van der Waals surface area contributed by atoms with E-state index in [-0.39, 0.29) is 11.3 Å². The molecule has 5 heteroatoms. The summed E-state index contributed by atoms with van der Waals surface area (Å²) in [5.41, 5.74) is 6.67. The first kappa shape index (κ1) is 15.8. The minimum atomic E-state index is -1.17. The van der Waals surface area contributed by atoms with Gasteiger partial charge in [0.2, 0.25) is 5.91 Å². The van der Waals surface area contributed by atoms with E-state index in [1.54, 1.807) is 0 Å². The molecule has 5 nitrogen and oxygen atoms in total. The Bertz CT molecular complexity index is 716. The van der Waals surface area contributed by atoms with Crippen molar-refractivity contribution < 1.29 is 9.90 Å². The molecule has 3 heterocycles. The van der Waals surface area contributed by atoms with Gasteiger partial charge in [-0.2, -0.15) is 0 Å². The van der Waals surface area contributed by atoms with Gasteiger partial charge in [-0.05, 0) is 43.7 Å². The zero-order valence-electron chi connectivity index (χ0n) is 14.2. The molecule has 0 spiro atoms. The van der Waals surface area contributed by atoms with Crippen LogP contribution in [0.25, 0.3) is 0 Å². The van der Waals surface area contributed by atoms with Crippen LogP contribution in [0.3, 0.4) is 0 Å². The molecule has 1 amide bonds. The topological polar surface area (TPSA) is 78.9 Å². The van der Waals surface area contributed by atoms with E-state index in [0.717, 1.165) is 50.1 Å². The second-order valence-corrected chi connectivity index (χ2v) is 7.56. The zero-order valence-corrected chi connectivity index (χ0v) is 14.2. The fourth-order valence-corrected chi connectivity index (χ4v) is 5.07. The van der Waals surface area contributed by atoms with Crippen LogP contribution < -0.4 is 5.73 Å². The standard InChI is InChI=1S/C19H25N3O2/c1-2-18-8-5-10-22(12-18)11-9-19(24)13-6-3-4-7-14(13)21-16(19)15(18)17(20)23/h3-4,6-7,15,24H,2,5,8-12H2,1H3,(H2,20,23)/t15-,18+,19?/m0/s1. The van der Waals surface area contributed by atoms with Crippen molar-refractivity contribution in [1.82, 2.24) is 4.90 Å². The molecule has 3 N–H and O–H groups in total. The van der Waals surface area contributed by atoms with Crippen LogP contribution >= 0.6 is 0 Å². The van der Waals surface area contributed by atoms with Crippen LogP contribution in [0.1, 0.15) is 38.2 Å². The van der Waals surface area contributed by atoms with Crippen molar-refractivity contribution in [1.29, 1.82) is 0 Å². The normalized spacial score (nSPS) is 37.7. The SMILES string of the molecule is CC[C@]12CCCN(CCC3(O)C(=Nc4ccccc43)[C@H]1C(N)=O)C2. The van der Waals surface area contributed by atoms with Crippen LogP contribution in [-0.2, 0) is 10.4 Å². The first-order valence-corrected chi connectivity index (χ1v) is 8.93. The van der Waals surface area contributed by atoms with Crippen molar-refractivity contribution in [2.75, 3.05) is 19.6 Å². The predicted molar refractivity (Wildman–Crippen MR) is 93.1 cm³/mol. The summed E-state index contributed by atoms with van der Waals surface area (Å²) >= 11 is 0. The molecule has 2 saturated heterocycles. The molecule has 24 heavy (non-hydrogen) atoms. The highest BCUT2D eigenvalue weighted by atomic mass is 16.3. The molecule has 2 bridgehead atoms. The molecule has 0 aromatic heterocycles. The third kappa shape index (κ3) is 2.07. The Morgan fingerprint density at radius 1 is 1.38 bits per heavy atom. The Kier molecular flexibility index (Phi) is 3.55. The lowest BCUT2D eigenvalue weighted by Gasteiger charge is -2.50. The number of carbonyl (C=O) groups excluding carboxylic acids is 1. The first-order valence-electron chi connectivity index (χ1n) is 8.93. The number of piperidine rings is 1. The average Bonchev–Trinajstić information content (AvgIpc) is 2.86. The van der Waals surface area contributed by atoms with Crippen LogP contribution in [0.5, 0.6) is 0 Å². The number of fused-ring (bicyclic) bond motifs is 5. The maximum absolute atomic E-state index is 12.5. The fourth-order valence-electron chi connectivity index (χ4n) is 5.07. The van der Waals surface area contributed by atoms with Crippen molar-refractivity contribution in [3.05, 3.63) is 29.8 Å². The molecule has 2 unspecified atom stereocenters. The summed E-state index contributed by atoms with van der Waals surface area (Å²) in [6, 6.07) is 7.68. The van der Waals surface area contributed by atoms with Gasteiger partial charge in [0.1, 0.15) is 5.60 Å². The van der Waals surface area contributed by atoms with E-state index in [1.165, 1.54) is 0 Å². The van der Waals surface area contributed by atoms with Gasteiger partial charge >= 0.3 is 0 Å². The van der Waals surface area contributed by atoms with Crippen molar-refractivity contribution in [3.8, 4) is 0 Å². The summed E-state index contributed by atoms with van der Waals surface area (Å²) < 4.78 is 0. The van der Waals surface area contributed by atoms with Gasteiger partial charge in [0, 0.05) is 18.7 Å². The van der Waals surface area contributed by atoms with E-state index in [4.69, 9.17) is 10.7 Å². The van der Waals surface area contributed by atoms with E-state index < -0.39 is 11.5 Å². The molecule has 1 aromatic rings. The average molecular weight is 327 g/mol. The quantitative estimate of drug-likeness (QED) is 0.871. The number of amides is 1. The van der Waals surface area contributed by atoms with Crippen molar-refractivity contribution in [2.45, 2.75) is 38.2 Å². The van der Waals surface area contributed by atoms with Gasteiger partial charge in [0.25, 0.3) is 0 Å². The molecule has 4 rings (SSSR count). The number of para-hydroxylation sites is 1. The number of nitrogens with zero attached hydrogens (tertiary/aromatic N) is 2. The lowest BCUT2D eigenvalue weighted by Crippen LogP contribution is -2.59. The van der Waals surface area contributed by atoms with E-state index in [1.807, 2.05) is 24.3 Å². The van der Waals surface area contributed by atoms with Crippen LogP contribution in [-0.4, -0.2) is 41.3 Å². The van der Waals surface area contributed by atoms with Crippen LogP contribution in [0, 0.1) is 11.3 Å². The molecule has 128 valence electrons. The van der Waals surface area contributed by atoms with E-state index in [2.05, 4.69) is 11.8 Å². The lowest BCUT2D eigenvalue weighted by molar-refractivity contribution is -0.126. The van der Waals surface area contributed by atoms with Gasteiger partial charge in [-0.1, -0.05) is 25.1 Å². The first-order chi connectivity index (χ1) is 11.5. The Morgan fingerprint density at radius 3 is 2.92 bits per heavy atom. The highest BCUT2D eigenvalue weighted by Gasteiger charge is 2.55. The molecule has 2 fully saturated rings. The van der Waals surface area contributed by atoms with Crippen molar-refractivity contribution >= 4 is 17.3 Å². The number of carbonyl (C=O) groups is 1. The van der Waals surface area contributed by atoms with Crippen LogP contribution in [0.15, 0.2) is 29.3 Å². The molecule has 3 aliphatic rings. The third-order valence-electron chi connectivity index (χ3n) is 6.37. The fraction of sp³-hybridized carbons (Fsp3) is 0.579. The Labute approximate surface area is 142 Å². The molecular weight excluding hydrogens is 302 g/mol. The lowest BCUT2D eigenvalue weighted by atomic mass is 9.62. The number of aliphatic imine (C=N–C) groups is 1. The molecule has 0 saturated carbocycles. The number of nitrogens with two attached hydrogens (primary N) is 1. The third-order valence-corrected chi connectivity index (χ3v) is 6.37. The van der Waals surface area contributed by atoms with E-state index >= 15 is 0 Å². The van der Waals surface area contributed by atoms with Gasteiger partial charge in [-0.25, -0.2) is 0 Å². The molecule has 0 aliphatic carbocycles. The Balaban J connectivity index is 1.91. The minimum absolute atomic E-state index is 0.223. The van der Waals surface area contributed by atoms with Gasteiger partial charge in [-0.15, -0.1) is 0 Å². The van der Waals surface area contributed by atoms with E-state index in [0.29, 0.717) is 12.1 Å². The summed E-state index contributed by atoms with van der Waals surface area (Å²) in [6.07, 6.45) is 3.45. The van der Waals surface area contributed by atoms with Crippen molar-refractivity contribution in [3.63, 3.8) is 0 Å².